The second-order valence-corrected chi connectivity index (χ2v) is 3.16. The Morgan fingerprint density at radius 1 is 1.77 bits per heavy atom. The number of β-lactam (4-membered cyclic amide) rings is 1. The maximum atomic E-state index is 10.9. The van der Waals surface area contributed by atoms with Gasteiger partial charge in [-0.1, -0.05) is 0 Å². The molecule has 0 bridgehead atoms. The lowest BCUT2D eigenvalue weighted by Crippen LogP contribution is -2.62. The summed E-state index contributed by atoms with van der Waals surface area (Å²) in [6.07, 6.45) is -0.596. The molecule has 2 N–H and O–H groups in total. The van der Waals surface area contributed by atoms with Gasteiger partial charge in [-0.05, 0) is 6.92 Å². The molecule has 1 amide bonds. The molecule has 1 heterocycles. The van der Waals surface area contributed by atoms with Gasteiger partial charge in [0, 0.05) is 0 Å². The van der Waals surface area contributed by atoms with Gasteiger partial charge in [0.2, 0.25) is 5.91 Å². The molecule has 0 aliphatic carbocycles. The third kappa shape index (κ3) is 1.98. The molecule has 0 aromatic carbocycles. The van der Waals surface area contributed by atoms with E-state index in [0.29, 0.717) is 0 Å². The van der Waals surface area contributed by atoms with Crippen molar-refractivity contribution in [3.63, 3.8) is 0 Å². The lowest BCUT2D eigenvalue weighted by atomic mass is 9.84. The number of nitrogens with one attached hydrogen (secondary N) is 1. The second kappa shape index (κ2) is 3.74. The summed E-state index contributed by atoms with van der Waals surface area (Å²) in [7, 11) is 1.29. The smallest absolute Gasteiger partial charge is 0.307 e. The van der Waals surface area contributed by atoms with Crippen LogP contribution in [0.2, 0.25) is 0 Å². The highest BCUT2D eigenvalue weighted by atomic mass is 16.5. The first-order chi connectivity index (χ1) is 6.06. The number of esters is 1. The summed E-state index contributed by atoms with van der Waals surface area (Å²) in [5.74, 6) is -1.06. The third-order valence-electron chi connectivity index (χ3n) is 2.20. The Bertz CT molecular complexity index is 226. The lowest BCUT2D eigenvalue weighted by molar-refractivity contribution is -0.148. The van der Waals surface area contributed by atoms with Crippen LogP contribution in [0.4, 0.5) is 0 Å². The number of methoxy groups -OCH3 is 1. The first-order valence-corrected chi connectivity index (χ1v) is 4.11. The van der Waals surface area contributed by atoms with E-state index in [9.17, 15) is 14.7 Å². The molecule has 0 radical (unpaired) electrons. The topological polar surface area (TPSA) is 75.6 Å². The van der Waals surface area contributed by atoms with Crippen LogP contribution in [-0.2, 0) is 14.3 Å². The van der Waals surface area contributed by atoms with Crippen molar-refractivity contribution in [3.05, 3.63) is 0 Å². The first kappa shape index (κ1) is 9.98. The van der Waals surface area contributed by atoms with Crippen molar-refractivity contribution in [2.45, 2.75) is 25.5 Å². The third-order valence-corrected chi connectivity index (χ3v) is 2.20. The van der Waals surface area contributed by atoms with Crippen molar-refractivity contribution in [2.75, 3.05) is 7.11 Å². The molecule has 1 aliphatic heterocycles. The number of hydrogen-bond donors (Lipinski definition) is 2. The van der Waals surface area contributed by atoms with E-state index in [2.05, 4.69) is 10.1 Å². The van der Waals surface area contributed by atoms with Gasteiger partial charge in [0.15, 0.2) is 0 Å². The van der Waals surface area contributed by atoms with Gasteiger partial charge in [-0.15, -0.1) is 0 Å². The molecule has 0 spiro atoms. The molecule has 5 nitrogen and oxygen atoms in total. The van der Waals surface area contributed by atoms with Gasteiger partial charge in [-0.2, -0.15) is 0 Å². The highest BCUT2D eigenvalue weighted by Crippen LogP contribution is 2.21. The zero-order chi connectivity index (χ0) is 10.0. The lowest BCUT2D eigenvalue weighted by Gasteiger charge is -2.37. The average Bonchev–Trinajstić information content (AvgIpc) is 2.01. The number of hydrogen-bond acceptors (Lipinski definition) is 4. The Balaban J connectivity index is 2.45. The minimum atomic E-state index is -0.719. The van der Waals surface area contributed by atoms with Crippen molar-refractivity contribution in [1.82, 2.24) is 5.32 Å². The van der Waals surface area contributed by atoms with Crippen LogP contribution in [0.3, 0.4) is 0 Å². The number of ether oxygens (including phenoxy) is 1. The van der Waals surface area contributed by atoms with Crippen LogP contribution in [0.1, 0.15) is 13.3 Å². The van der Waals surface area contributed by atoms with Crippen molar-refractivity contribution in [1.29, 1.82) is 0 Å². The summed E-state index contributed by atoms with van der Waals surface area (Å²) in [6, 6.07) is -0.278. The van der Waals surface area contributed by atoms with Crippen LogP contribution in [0, 0.1) is 5.92 Å². The maximum absolute atomic E-state index is 10.9. The second-order valence-electron chi connectivity index (χ2n) is 3.16. The van der Waals surface area contributed by atoms with Gasteiger partial charge in [-0.25, -0.2) is 0 Å². The minimum absolute atomic E-state index is 0.123. The molecule has 0 aromatic heterocycles. The van der Waals surface area contributed by atoms with Gasteiger partial charge in [0.1, 0.15) is 0 Å². The minimum Gasteiger partial charge on any atom is -0.469 e. The Morgan fingerprint density at radius 2 is 2.38 bits per heavy atom. The Labute approximate surface area is 76.1 Å². The maximum Gasteiger partial charge on any atom is 0.307 e. The fraction of sp³-hybridized carbons (Fsp3) is 0.750. The van der Waals surface area contributed by atoms with E-state index < -0.39 is 12.0 Å². The number of carbonyl (C=O) groups is 2. The average molecular weight is 187 g/mol. The van der Waals surface area contributed by atoms with Crippen molar-refractivity contribution in [2.24, 2.45) is 5.92 Å². The van der Waals surface area contributed by atoms with E-state index in [1.165, 1.54) is 14.0 Å². The van der Waals surface area contributed by atoms with E-state index in [4.69, 9.17) is 0 Å². The van der Waals surface area contributed by atoms with E-state index >= 15 is 0 Å². The van der Waals surface area contributed by atoms with Crippen molar-refractivity contribution >= 4 is 11.9 Å². The predicted molar refractivity (Wildman–Crippen MR) is 43.7 cm³/mol. The highest BCUT2D eigenvalue weighted by molar-refractivity contribution is 5.88. The fourth-order valence-corrected chi connectivity index (χ4v) is 1.45. The quantitative estimate of drug-likeness (QED) is 0.441. The molecule has 1 aliphatic rings. The highest BCUT2D eigenvalue weighted by Gasteiger charge is 2.43. The van der Waals surface area contributed by atoms with Crippen LogP contribution in [0.5, 0.6) is 0 Å². The summed E-state index contributed by atoms with van der Waals surface area (Å²) in [5, 5.41) is 11.7. The van der Waals surface area contributed by atoms with E-state index in [1.807, 2.05) is 0 Å². The van der Waals surface area contributed by atoms with Crippen LogP contribution in [-0.4, -0.2) is 36.2 Å². The summed E-state index contributed by atoms with van der Waals surface area (Å²) in [6.45, 7) is 1.54. The van der Waals surface area contributed by atoms with E-state index in [-0.39, 0.29) is 24.3 Å². The number of amides is 1. The normalized spacial score (nSPS) is 28.7. The monoisotopic (exact) mass is 187 g/mol. The summed E-state index contributed by atoms with van der Waals surface area (Å²) in [5.41, 5.74) is 0. The fourth-order valence-electron chi connectivity index (χ4n) is 1.45. The molecular weight excluding hydrogens is 174 g/mol. The standard InChI is InChI=1S/C8H13NO4/c1-4(10)7-5(9-8(7)12)3-6(11)13-2/h4-5,7,10H,3H2,1-2H3,(H,9,12)/t4?,5-,7-/m1/s1. The Morgan fingerprint density at radius 3 is 2.77 bits per heavy atom. The zero-order valence-corrected chi connectivity index (χ0v) is 7.61. The molecule has 0 aromatic rings. The van der Waals surface area contributed by atoms with Crippen molar-refractivity contribution < 1.29 is 19.4 Å². The summed E-state index contributed by atoms with van der Waals surface area (Å²) < 4.78 is 4.45. The molecule has 1 unspecified atom stereocenters. The van der Waals surface area contributed by atoms with Gasteiger partial charge in [0.25, 0.3) is 0 Å². The summed E-state index contributed by atoms with van der Waals surface area (Å²) >= 11 is 0. The van der Waals surface area contributed by atoms with Crippen LogP contribution in [0.25, 0.3) is 0 Å². The molecule has 1 rings (SSSR count). The molecule has 74 valence electrons. The Hall–Kier alpha value is -1.10. The molecule has 5 heteroatoms. The summed E-state index contributed by atoms with van der Waals surface area (Å²) in [4.78, 5) is 21.8. The number of aliphatic hydroxyl groups is 1. The molecule has 3 atom stereocenters. The molecule has 0 saturated carbocycles. The number of rotatable bonds is 3. The van der Waals surface area contributed by atoms with Crippen LogP contribution in [0.15, 0.2) is 0 Å². The molecule has 1 saturated heterocycles. The van der Waals surface area contributed by atoms with Crippen LogP contribution < -0.4 is 5.32 Å². The van der Waals surface area contributed by atoms with E-state index in [0.717, 1.165) is 0 Å². The largest absolute Gasteiger partial charge is 0.469 e. The molecular formula is C8H13NO4. The Kier molecular flexibility index (Phi) is 2.87. The number of carbonyl (C=O) groups excluding carboxylic acids is 2. The SMILES string of the molecule is COC(=O)C[C@H]1NC(=O)[C@@H]1C(C)O. The first-order valence-electron chi connectivity index (χ1n) is 4.11. The van der Waals surface area contributed by atoms with Crippen molar-refractivity contribution in [3.8, 4) is 0 Å². The van der Waals surface area contributed by atoms with Crippen LogP contribution >= 0.6 is 0 Å². The van der Waals surface area contributed by atoms with Gasteiger partial charge >= 0.3 is 5.97 Å². The zero-order valence-electron chi connectivity index (χ0n) is 7.61. The molecule has 13 heavy (non-hydrogen) atoms. The van der Waals surface area contributed by atoms with Gasteiger partial charge in [0.05, 0.1) is 31.6 Å². The number of aliphatic hydroxyl groups excluding tert-OH is 1. The van der Waals surface area contributed by atoms with Gasteiger partial charge in [-0.3, -0.25) is 9.59 Å². The molecule has 1 fully saturated rings. The van der Waals surface area contributed by atoms with E-state index in [1.54, 1.807) is 0 Å². The predicted octanol–water partition coefficient (Wildman–Crippen LogP) is -0.955. The van der Waals surface area contributed by atoms with Gasteiger partial charge < -0.3 is 15.2 Å².